The number of rotatable bonds is 6. The Bertz CT molecular complexity index is 955. The molecule has 0 bridgehead atoms. The van der Waals surface area contributed by atoms with Crippen molar-refractivity contribution in [3.05, 3.63) is 57.6 Å². The van der Waals surface area contributed by atoms with Gasteiger partial charge in [-0.2, -0.15) is 4.98 Å². The summed E-state index contributed by atoms with van der Waals surface area (Å²) in [6.45, 7) is 8.46. The first-order valence-electron chi connectivity index (χ1n) is 10.1. The van der Waals surface area contributed by atoms with Crippen LogP contribution in [0, 0.1) is 13.8 Å². The maximum Gasteiger partial charge on any atom is 0.264 e. The van der Waals surface area contributed by atoms with Gasteiger partial charge in [0.05, 0.1) is 4.88 Å². The molecule has 7 heteroatoms. The lowest BCUT2D eigenvalue weighted by Gasteiger charge is -2.34. The Hall–Kier alpha value is -2.51. The summed E-state index contributed by atoms with van der Waals surface area (Å²) in [4.78, 5) is 23.5. The summed E-state index contributed by atoms with van der Waals surface area (Å²) >= 11 is 1.57. The predicted octanol–water partition coefficient (Wildman–Crippen LogP) is 3.81. The number of carbonyl (C=O) groups is 1. The van der Waals surface area contributed by atoms with E-state index in [2.05, 4.69) is 34.1 Å². The first kappa shape index (κ1) is 19.8. The molecular weight excluding hydrogens is 384 g/mol. The maximum absolute atomic E-state index is 12.5. The number of amides is 1. The summed E-state index contributed by atoms with van der Waals surface area (Å²) < 4.78 is 5.41. The second-order valence-corrected chi connectivity index (χ2v) is 8.81. The number of benzene rings is 1. The molecule has 0 unspecified atom stereocenters. The maximum atomic E-state index is 12.5. The SMILES string of the molecule is Cc1ccc(-c2noc(CCCN3CCN(C(=O)c4ccc(C)s4)CC3)n2)cc1. The van der Waals surface area contributed by atoms with Gasteiger partial charge in [-0.1, -0.05) is 35.0 Å². The molecule has 1 aliphatic rings. The highest BCUT2D eigenvalue weighted by Gasteiger charge is 2.22. The Labute approximate surface area is 175 Å². The highest BCUT2D eigenvalue weighted by atomic mass is 32.1. The van der Waals surface area contributed by atoms with E-state index < -0.39 is 0 Å². The minimum Gasteiger partial charge on any atom is -0.339 e. The molecule has 0 N–H and O–H groups in total. The van der Waals surface area contributed by atoms with Crippen LogP contribution in [0.25, 0.3) is 11.4 Å². The first-order valence-corrected chi connectivity index (χ1v) is 10.9. The molecular formula is C22H26N4O2S. The third-order valence-corrected chi connectivity index (χ3v) is 6.24. The van der Waals surface area contributed by atoms with E-state index in [0.29, 0.717) is 11.7 Å². The monoisotopic (exact) mass is 410 g/mol. The Morgan fingerprint density at radius 1 is 1.07 bits per heavy atom. The van der Waals surface area contributed by atoms with Crippen LogP contribution in [0.15, 0.2) is 40.9 Å². The fraction of sp³-hybridized carbons (Fsp3) is 0.409. The van der Waals surface area contributed by atoms with Crippen LogP contribution in [0.1, 0.15) is 32.4 Å². The molecule has 152 valence electrons. The van der Waals surface area contributed by atoms with Gasteiger partial charge in [0.2, 0.25) is 11.7 Å². The van der Waals surface area contributed by atoms with Gasteiger partial charge in [0.1, 0.15) is 0 Å². The first-order chi connectivity index (χ1) is 14.1. The second-order valence-electron chi connectivity index (χ2n) is 7.53. The quantitative estimate of drug-likeness (QED) is 0.618. The Morgan fingerprint density at radius 3 is 2.52 bits per heavy atom. The number of aryl methyl sites for hydroxylation is 3. The van der Waals surface area contributed by atoms with Crippen molar-refractivity contribution in [2.75, 3.05) is 32.7 Å². The van der Waals surface area contributed by atoms with Crippen molar-refractivity contribution in [2.45, 2.75) is 26.7 Å². The van der Waals surface area contributed by atoms with Gasteiger partial charge in [0.15, 0.2) is 0 Å². The summed E-state index contributed by atoms with van der Waals surface area (Å²) in [6.07, 6.45) is 1.74. The van der Waals surface area contributed by atoms with Crippen LogP contribution >= 0.6 is 11.3 Å². The van der Waals surface area contributed by atoms with E-state index in [1.165, 1.54) is 10.4 Å². The molecule has 3 aromatic rings. The van der Waals surface area contributed by atoms with Gasteiger partial charge in [-0.25, -0.2) is 0 Å². The van der Waals surface area contributed by atoms with Crippen LogP contribution in [-0.2, 0) is 6.42 Å². The lowest BCUT2D eigenvalue weighted by Crippen LogP contribution is -2.48. The van der Waals surface area contributed by atoms with Crippen molar-refractivity contribution in [1.29, 1.82) is 0 Å². The lowest BCUT2D eigenvalue weighted by atomic mass is 10.1. The van der Waals surface area contributed by atoms with Crippen LogP contribution in [-0.4, -0.2) is 58.6 Å². The van der Waals surface area contributed by atoms with Gasteiger partial charge in [0.25, 0.3) is 5.91 Å². The van der Waals surface area contributed by atoms with Gasteiger partial charge in [-0.05, 0) is 38.9 Å². The molecule has 1 amide bonds. The summed E-state index contributed by atoms with van der Waals surface area (Å²) in [5, 5.41) is 4.10. The molecule has 0 saturated carbocycles. The summed E-state index contributed by atoms with van der Waals surface area (Å²) in [6, 6.07) is 12.1. The zero-order valence-electron chi connectivity index (χ0n) is 16.9. The van der Waals surface area contributed by atoms with Gasteiger partial charge in [-0.3, -0.25) is 9.69 Å². The fourth-order valence-electron chi connectivity index (χ4n) is 3.51. The Kier molecular flexibility index (Phi) is 6.06. The van der Waals surface area contributed by atoms with E-state index in [9.17, 15) is 4.79 Å². The van der Waals surface area contributed by atoms with Crippen molar-refractivity contribution in [3.8, 4) is 11.4 Å². The summed E-state index contributed by atoms with van der Waals surface area (Å²) in [7, 11) is 0. The topological polar surface area (TPSA) is 62.5 Å². The summed E-state index contributed by atoms with van der Waals surface area (Å²) in [5.74, 6) is 1.50. The Morgan fingerprint density at radius 2 is 1.83 bits per heavy atom. The predicted molar refractivity (Wildman–Crippen MR) is 114 cm³/mol. The van der Waals surface area contributed by atoms with Gasteiger partial charge in [0, 0.05) is 43.0 Å². The van der Waals surface area contributed by atoms with Crippen molar-refractivity contribution in [2.24, 2.45) is 0 Å². The van der Waals surface area contributed by atoms with E-state index in [0.717, 1.165) is 56.0 Å². The van der Waals surface area contributed by atoms with E-state index in [1.807, 2.05) is 36.1 Å². The molecule has 0 spiro atoms. The second kappa shape index (κ2) is 8.88. The number of nitrogens with zero attached hydrogens (tertiary/aromatic N) is 4. The van der Waals surface area contributed by atoms with E-state index in [1.54, 1.807) is 11.3 Å². The lowest BCUT2D eigenvalue weighted by molar-refractivity contribution is 0.0640. The van der Waals surface area contributed by atoms with Crippen LogP contribution in [0.3, 0.4) is 0 Å². The van der Waals surface area contributed by atoms with Crippen LogP contribution in [0.5, 0.6) is 0 Å². The molecule has 0 radical (unpaired) electrons. The highest BCUT2D eigenvalue weighted by molar-refractivity contribution is 7.13. The smallest absolute Gasteiger partial charge is 0.264 e. The largest absolute Gasteiger partial charge is 0.339 e. The molecule has 1 aliphatic heterocycles. The third kappa shape index (κ3) is 4.92. The average molecular weight is 411 g/mol. The van der Waals surface area contributed by atoms with Gasteiger partial charge >= 0.3 is 0 Å². The fourth-order valence-corrected chi connectivity index (χ4v) is 4.35. The number of hydrogen-bond acceptors (Lipinski definition) is 6. The minimum atomic E-state index is 0.164. The van der Waals surface area contributed by atoms with Crippen molar-refractivity contribution >= 4 is 17.2 Å². The van der Waals surface area contributed by atoms with Gasteiger partial charge < -0.3 is 9.42 Å². The highest BCUT2D eigenvalue weighted by Crippen LogP contribution is 2.19. The number of hydrogen-bond donors (Lipinski definition) is 0. The summed E-state index contributed by atoms with van der Waals surface area (Å²) in [5.41, 5.74) is 2.19. The van der Waals surface area contributed by atoms with E-state index >= 15 is 0 Å². The van der Waals surface area contributed by atoms with Crippen molar-refractivity contribution < 1.29 is 9.32 Å². The Balaban J connectivity index is 1.21. The number of piperazine rings is 1. The standard InChI is InChI=1S/C22H26N4O2S/c1-16-5-8-18(9-6-16)21-23-20(28-24-21)4-3-11-25-12-14-26(15-13-25)22(27)19-10-7-17(2)29-19/h5-10H,3-4,11-15H2,1-2H3. The molecule has 29 heavy (non-hydrogen) atoms. The molecule has 4 rings (SSSR count). The molecule has 1 fully saturated rings. The van der Waals surface area contributed by atoms with Crippen LogP contribution in [0.2, 0.25) is 0 Å². The molecule has 6 nitrogen and oxygen atoms in total. The normalized spacial score (nSPS) is 15.0. The van der Waals surface area contributed by atoms with Crippen LogP contribution in [0.4, 0.5) is 0 Å². The number of carbonyl (C=O) groups excluding carboxylic acids is 1. The third-order valence-electron chi connectivity index (χ3n) is 5.25. The molecule has 0 atom stereocenters. The van der Waals surface area contributed by atoms with Crippen molar-refractivity contribution in [1.82, 2.24) is 19.9 Å². The van der Waals surface area contributed by atoms with Gasteiger partial charge in [-0.15, -0.1) is 11.3 Å². The average Bonchev–Trinajstić information content (AvgIpc) is 3.38. The molecule has 1 saturated heterocycles. The zero-order valence-corrected chi connectivity index (χ0v) is 17.7. The number of thiophene rings is 1. The van der Waals surface area contributed by atoms with E-state index in [-0.39, 0.29) is 5.91 Å². The zero-order chi connectivity index (χ0) is 20.2. The number of aromatic nitrogens is 2. The van der Waals surface area contributed by atoms with E-state index in [4.69, 9.17) is 4.52 Å². The minimum absolute atomic E-state index is 0.164. The van der Waals surface area contributed by atoms with Crippen molar-refractivity contribution in [3.63, 3.8) is 0 Å². The molecule has 3 heterocycles. The molecule has 2 aromatic heterocycles. The molecule has 1 aromatic carbocycles. The molecule has 0 aliphatic carbocycles. The van der Waals surface area contributed by atoms with Crippen LogP contribution < -0.4 is 0 Å².